The first kappa shape index (κ1) is 17.9. The fourth-order valence-corrected chi connectivity index (χ4v) is 4.80. The highest BCUT2D eigenvalue weighted by molar-refractivity contribution is 8.00. The molecule has 7 heteroatoms. The van der Waals surface area contributed by atoms with Crippen LogP contribution in [-0.4, -0.2) is 29.2 Å². The van der Waals surface area contributed by atoms with Gasteiger partial charge in [-0.1, -0.05) is 0 Å². The van der Waals surface area contributed by atoms with Gasteiger partial charge in [0.25, 0.3) is 0 Å². The summed E-state index contributed by atoms with van der Waals surface area (Å²) in [7, 11) is 0. The van der Waals surface area contributed by atoms with Crippen molar-refractivity contribution in [1.29, 1.82) is 0 Å². The zero-order chi connectivity index (χ0) is 17.6. The number of aryl methyl sites for hydroxylation is 1. The molecule has 0 aliphatic heterocycles. The van der Waals surface area contributed by atoms with E-state index in [2.05, 4.69) is 10.3 Å². The van der Waals surface area contributed by atoms with E-state index < -0.39 is 0 Å². The molecule has 0 spiro atoms. The minimum atomic E-state index is -0.334. The first-order valence-corrected chi connectivity index (χ1v) is 10.1. The van der Waals surface area contributed by atoms with Crippen molar-refractivity contribution in [2.75, 3.05) is 17.7 Å². The Balaban J connectivity index is 1.73. The van der Waals surface area contributed by atoms with Gasteiger partial charge in [-0.3, -0.25) is 9.78 Å². The molecule has 0 radical (unpaired) electrons. The summed E-state index contributed by atoms with van der Waals surface area (Å²) in [5.74, 6) is -0.167. The molecule has 1 N–H and O–H groups in total. The minimum absolute atomic E-state index is 0.119. The Labute approximate surface area is 155 Å². The van der Waals surface area contributed by atoms with E-state index in [0.717, 1.165) is 36.1 Å². The third-order valence-corrected chi connectivity index (χ3v) is 6.14. The molecule has 0 fully saturated rings. The molecule has 0 saturated carbocycles. The summed E-state index contributed by atoms with van der Waals surface area (Å²) >= 11 is 2.96. The topological polar surface area (TPSA) is 68.3 Å². The molecule has 2 aromatic heterocycles. The van der Waals surface area contributed by atoms with E-state index in [9.17, 15) is 9.59 Å². The zero-order valence-electron chi connectivity index (χ0n) is 14.0. The molecule has 0 aromatic carbocycles. The van der Waals surface area contributed by atoms with Crippen LogP contribution in [0.2, 0.25) is 0 Å². The molecule has 0 unspecified atom stereocenters. The van der Waals surface area contributed by atoms with Gasteiger partial charge in [0, 0.05) is 22.2 Å². The Kier molecular flexibility index (Phi) is 6.09. The largest absolute Gasteiger partial charge is 0.462 e. The number of hydrogen-bond donors (Lipinski definition) is 1. The number of amides is 1. The number of thioether (sulfide) groups is 1. The van der Waals surface area contributed by atoms with Crippen LogP contribution in [0.25, 0.3) is 0 Å². The lowest BCUT2D eigenvalue weighted by Crippen LogP contribution is -2.17. The van der Waals surface area contributed by atoms with Crippen LogP contribution in [0.3, 0.4) is 0 Å². The van der Waals surface area contributed by atoms with Crippen molar-refractivity contribution in [2.24, 2.45) is 0 Å². The summed E-state index contributed by atoms with van der Waals surface area (Å²) in [6, 6.07) is 3.73. The number of ether oxygens (including phenoxy) is 1. The Hall–Kier alpha value is -1.86. The summed E-state index contributed by atoms with van der Waals surface area (Å²) in [6.45, 7) is 2.12. The van der Waals surface area contributed by atoms with Gasteiger partial charge in [-0.05, 0) is 50.3 Å². The lowest BCUT2D eigenvalue weighted by Gasteiger charge is -2.12. The molecule has 5 nitrogen and oxygen atoms in total. The number of rotatable bonds is 6. The Morgan fingerprint density at radius 3 is 2.80 bits per heavy atom. The first-order chi connectivity index (χ1) is 12.2. The molecule has 132 valence electrons. The quantitative estimate of drug-likeness (QED) is 0.611. The number of anilines is 1. The van der Waals surface area contributed by atoms with Crippen molar-refractivity contribution in [3.63, 3.8) is 0 Å². The van der Waals surface area contributed by atoms with Gasteiger partial charge in [0.2, 0.25) is 5.91 Å². The highest BCUT2D eigenvalue weighted by atomic mass is 32.2. The Morgan fingerprint density at radius 1 is 1.28 bits per heavy atom. The van der Waals surface area contributed by atoms with Gasteiger partial charge >= 0.3 is 5.97 Å². The predicted molar refractivity (Wildman–Crippen MR) is 101 cm³/mol. The number of thiophene rings is 1. The fraction of sp³-hybridized carbons (Fsp3) is 0.389. The lowest BCUT2D eigenvalue weighted by atomic mass is 9.95. The molecular formula is C18H20N2O3S2. The van der Waals surface area contributed by atoms with E-state index in [1.807, 2.05) is 12.1 Å². The van der Waals surface area contributed by atoms with Crippen molar-refractivity contribution >= 4 is 40.0 Å². The van der Waals surface area contributed by atoms with Crippen molar-refractivity contribution in [3.05, 3.63) is 40.5 Å². The number of pyridine rings is 1. The summed E-state index contributed by atoms with van der Waals surface area (Å²) in [5, 5.41) is 3.55. The second kappa shape index (κ2) is 8.49. The van der Waals surface area contributed by atoms with E-state index >= 15 is 0 Å². The molecule has 3 rings (SSSR count). The normalized spacial score (nSPS) is 13.2. The molecule has 25 heavy (non-hydrogen) atoms. The second-order valence-corrected chi connectivity index (χ2v) is 7.81. The minimum Gasteiger partial charge on any atom is -0.462 e. The summed E-state index contributed by atoms with van der Waals surface area (Å²) in [4.78, 5) is 30.9. The summed E-state index contributed by atoms with van der Waals surface area (Å²) < 4.78 is 5.21. The van der Waals surface area contributed by atoms with E-state index in [0.29, 0.717) is 17.2 Å². The molecule has 2 aromatic rings. The number of esters is 1. The number of hydrogen-bond acceptors (Lipinski definition) is 6. The molecular weight excluding hydrogens is 356 g/mol. The Bertz CT molecular complexity index is 759. The van der Waals surface area contributed by atoms with E-state index in [4.69, 9.17) is 4.74 Å². The molecule has 1 aliphatic rings. The van der Waals surface area contributed by atoms with Crippen LogP contribution in [0.15, 0.2) is 29.4 Å². The highest BCUT2D eigenvalue weighted by Crippen LogP contribution is 2.38. The molecule has 2 heterocycles. The average molecular weight is 377 g/mol. The number of carbonyl (C=O) groups excluding carboxylic acids is 2. The number of nitrogens with one attached hydrogen (secondary N) is 1. The van der Waals surface area contributed by atoms with Gasteiger partial charge in [-0.25, -0.2) is 4.79 Å². The van der Waals surface area contributed by atoms with Crippen molar-refractivity contribution in [3.8, 4) is 0 Å². The van der Waals surface area contributed by atoms with Crippen LogP contribution in [0.5, 0.6) is 0 Å². The van der Waals surface area contributed by atoms with Gasteiger partial charge in [0.05, 0.1) is 17.9 Å². The average Bonchev–Trinajstić information content (AvgIpc) is 2.99. The third kappa shape index (κ3) is 4.41. The number of carbonyl (C=O) groups is 2. The molecule has 0 bridgehead atoms. The number of nitrogens with zero attached hydrogens (tertiary/aromatic N) is 1. The SMILES string of the molecule is CCOC(=O)c1c(NC(=O)CSc2ccncc2)sc2c1CCCC2. The summed E-state index contributed by atoms with van der Waals surface area (Å²) in [6.07, 6.45) is 7.44. The standard InChI is InChI=1S/C18H20N2O3S2/c1-2-23-18(22)16-13-5-3-4-6-14(13)25-17(16)20-15(21)11-24-12-7-9-19-10-8-12/h7-10H,2-6,11H2,1H3,(H,20,21). The van der Waals surface area contributed by atoms with Gasteiger partial charge < -0.3 is 10.1 Å². The predicted octanol–water partition coefficient (Wildman–Crippen LogP) is 3.93. The van der Waals surface area contributed by atoms with Crippen molar-refractivity contribution < 1.29 is 14.3 Å². The molecule has 0 saturated heterocycles. The van der Waals surface area contributed by atoms with E-state index in [1.165, 1.54) is 28.0 Å². The molecule has 1 aliphatic carbocycles. The first-order valence-electron chi connectivity index (χ1n) is 8.33. The van der Waals surface area contributed by atoms with Gasteiger partial charge in [0.15, 0.2) is 0 Å². The maximum atomic E-state index is 12.4. The molecule has 1 amide bonds. The van der Waals surface area contributed by atoms with Crippen LogP contribution in [0.1, 0.15) is 40.6 Å². The number of fused-ring (bicyclic) bond motifs is 1. The van der Waals surface area contributed by atoms with E-state index in [-0.39, 0.29) is 17.6 Å². The monoisotopic (exact) mass is 376 g/mol. The van der Waals surface area contributed by atoms with Crippen molar-refractivity contribution in [2.45, 2.75) is 37.5 Å². The third-order valence-electron chi connectivity index (χ3n) is 3.92. The maximum absolute atomic E-state index is 12.4. The van der Waals surface area contributed by atoms with Gasteiger partial charge in [0.1, 0.15) is 5.00 Å². The van der Waals surface area contributed by atoms with Crippen LogP contribution >= 0.6 is 23.1 Å². The molecule has 0 atom stereocenters. The fourth-order valence-electron chi connectivity index (χ4n) is 2.82. The second-order valence-electron chi connectivity index (χ2n) is 5.66. The van der Waals surface area contributed by atoms with Gasteiger partial charge in [-0.2, -0.15) is 0 Å². The maximum Gasteiger partial charge on any atom is 0.341 e. The van der Waals surface area contributed by atoms with Crippen LogP contribution < -0.4 is 5.32 Å². The van der Waals surface area contributed by atoms with Crippen LogP contribution in [0, 0.1) is 0 Å². The number of aromatic nitrogens is 1. The smallest absolute Gasteiger partial charge is 0.341 e. The zero-order valence-corrected chi connectivity index (χ0v) is 15.7. The highest BCUT2D eigenvalue weighted by Gasteiger charge is 2.27. The van der Waals surface area contributed by atoms with E-state index in [1.54, 1.807) is 19.3 Å². The van der Waals surface area contributed by atoms with Crippen LogP contribution in [-0.2, 0) is 22.4 Å². The van der Waals surface area contributed by atoms with Gasteiger partial charge in [-0.15, -0.1) is 23.1 Å². The Morgan fingerprint density at radius 2 is 2.04 bits per heavy atom. The lowest BCUT2D eigenvalue weighted by molar-refractivity contribution is -0.113. The van der Waals surface area contributed by atoms with Crippen molar-refractivity contribution in [1.82, 2.24) is 4.98 Å². The van der Waals surface area contributed by atoms with Crippen LogP contribution in [0.4, 0.5) is 5.00 Å². The summed E-state index contributed by atoms with van der Waals surface area (Å²) in [5.41, 5.74) is 1.62.